The summed E-state index contributed by atoms with van der Waals surface area (Å²) in [6.07, 6.45) is -1.50. The van der Waals surface area contributed by atoms with Crippen molar-refractivity contribution >= 4 is 40.1 Å². The van der Waals surface area contributed by atoms with Crippen molar-refractivity contribution in [3.8, 4) is 11.8 Å². The molecule has 1 amide bonds. The Kier molecular flexibility index (Phi) is 7.18. The molecule has 0 aliphatic carbocycles. The molecule has 0 aliphatic heterocycles. The highest BCUT2D eigenvalue weighted by Crippen LogP contribution is 2.33. The molecule has 3 rings (SSSR count). The number of ether oxygens (including phenoxy) is 1. The second-order valence-corrected chi connectivity index (χ2v) is 8.03. The van der Waals surface area contributed by atoms with Crippen molar-refractivity contribution in [3.63, 3.8) is 0 Å². The standard InChI is InChI=1S/C22H15ClF3N3O2S/c1-31-17-5-2-13(3-6-17)8-15(11-27)20(30)29-21-28-12-18(32-21)10-14-9-16(22(24,25)26)4-7-19(14)23/h2-9,12H,10H2,1H3,(H,28,29,30)/b15-8+. The zero-order chi connectivity index (χ0) is 23.3. The van der Waals surface area contributed by atoms with Crippen LogP contribution < -0.4 is 10.1 Å². The normalized spacial score (nSPS) is 11.7. The number of thiazole rings is 1. The fourth-order valence-electron chi connectivity index (χ4n) is 2.70. The Bertz CT molecular complexity index is 1200. The fraction of sp³-hybridized carbons (Fsp3) is 0.136. The third-order valence-corrected chi connectivity index (χ3v) is 5.59. The first-order valence-electron chi connectivity index (χ1n) is 9.07. The number of hydrogen-bond acceptors (Lipinski definition) is 5. The van der Waals surface area contributed by atoms with E-state index < -0.39 is 17.6 Å². The number of carbonyl (C=O) groups excluding carboxylic acids is 1. The lowest BCUT2D eigenvalue weighted by Crippen LogP contribution is -2.13. The molecule has 1 N–H and O–H groups in total. The number of aromatic nitrogens is 1. The molecule has 1 aromatic heterocycles. The van der Waals surface area contributed by atoms with Gasteiger partial charge in [0.2, 0.25) is 0 Å². The predicted molar refractivity (Wildman–Crippen MR) is 117 cm³/mol. The summed E-state index contributed by atoms with van der Waals surface area (Å²) in [4.78, 5) is 17.1. The Labute approximate surface area is 190 Å². The SMILES string of the molecule is COc1ccc(/C=C(\C#N)C(=O)Nc2ncc(Cc3cc(C(F)(F)F)ccc3Cl)s2)cc1. The molecule has 0 radical (unpaired) electrons. The van der Waals surface area contributed by atoms with Gasteiger partial charge < -0.3 is 4.74 Å². The van der Waals surface area contributed by atoms with Gasteiger partial charge in [-0.05, 0) is 47.5 Å². The lowest BCUT2D eigenvalue weighted by Gasteiger charge is -2.09. The van der Waals surface area contributed by atoms with E-state index in [0.717, 1.165) is 23.5 Å². The van der Waals surface area contributed by atoms with Crippen LogP contribution in [0, 0.1) is 11.3 Å². The molecule has 0 bridgehead atoms. The highest BCUT2D eigenvalue weighted by Gasteiger charge is 2.31. The molecule has 3 aromatic rings. The van der Waals surface area contributed by atoms with Gasteiger partial charge in [0.15, 0.2) is 5.13 Å². The maximum Gasteiger partial charge on any atom is 0.416 e. The smallest absolute Gasteiger partial charge is 0.416 e. The average molecular weight is 478 g/mol. The first-order chi connectivity index (χ1) is 15.2. The number of halogens is 4. The van der Waals surface area contributed by atoms with Crippen molar-refractivity contribution in [1.82, 2.24) is 4.98 Å². The quantitative estimate of drug-likeness (QED) is 0.351. The van der Waals surface area contributed by atoms with Gasteiger partial charge in [-0.1, -0.05) is 23.7 Å². The summed E-state index contributed by atoms with van der Waals surface area (Å²) in [5.41, 5.74) is 0.00163. The molecule has 10 heteroatoms. The van der Waals surface area contributed by atoms with Crippen molar-refractivity contribution < 1.29 is 22.7 Å². The summed E-state index contributed by atoms with van der Waals surface area (Å²) < 4.78 is 43.9. The molecule has 0 spiro atoms. The number of methoxy groups -OCH3 is 1. The van der Waals surface area contributed by atoms with Crippen LogP contribution in [0.15, 0.2) is 54.2 Å². The predicted octanol–water partition coefficient (Wildman–Crippen LogP) is 5.96. The van der Waals surface area contributed by atoms with Crippen LogP contribution in [-0.2, 0) is 17.4 Å². The number of hydrogen-bond donors (Lipinski definition) is 1. The van der Waals surface area contributed by atoms with Crippen molar-refractivity contribution in [2.24, 2.45) is 0 Å². The van der Waals surface area contributed by atoms with E-state index in [1.807, 2.05) is 6.07 Å². The Balaban J connectivity index is 1.72. The third-order valence-electron chi connectivity index (χ3n) is 4.30. The van der Waals surface area contributed by atoms with Crippen molar-refractivity contribution in [2.75, 3.05) is 12.4 Å². The Morgan fingerprint density at radius 1 is 1.28 bits per heavy atom. The Hall–Kier alpha value is -3.35. The minimum Gasteiger partial charge on any atom is -0.497 e. The summed E-state index contributed by atoms with van der Waals surface area (Å²) in [6, 6.07) is 11.8. The summed E-state index contributed by atoms with van der Waals surface area (Å²) in [5.74, 6) is -0.0115. The van der Waals surface area contributed by atoms with Crippen LogP contribution in [0.5, 0.6) is 5.75 Å². The second-order valence-electron chi connectivity index (χ2n) is 6.51. The molecule has 0 saturated carbocycles. The molecular weight excluding hydrogens is 463 g/mol. The number of nitrogens with one attached hydrogen (secondary N) is 1. The molecule has 0 atom stereocenters. The van der Waals surface area contributed by atoms with Gasteiger partial charge >= 0.3 is 6.18 Å². The number of amides is 1. The summed E-state index contributed by atoms with van der Waals surface area (Å²) >= 11 is 7.12. The minimum atomic E-state index is -4.48. The van der Waals surface area contributed by atoms with E-state index in [2.05, 4.69) is 10.3 Å². The molecule has 0 unspecified atom stereocenters. The maximum absolute atomic E-state index is 13.0. The van der Waals surface area contributed by atoms with Crippen LogP contribution in [0.25, 0.3) is 6.08 Å². The number of benzene rings is 2. The highest BCUT2D eigenvalue weighted by atomic mass is 35.5. The third kappa shape index (κ3) is 5.87. The molecule has 32 heavy (non-hydrogen) atoms. The first kappa shape index (κ1) is 23.3. The van der Waals surface area contributed by atoms with Crippen LogP contribution in [0.1, 0.15) is 21.6 Å². The Morgan fingerprint density at radius 2 is 2.00 bits per heavy atom. The van der Waals surface area contributed by atoms with Gasteiger partial charge in [-0.3, -0.25) is 10.1 Å². The van der Waals surface area contributed by atoms with Crippen molar-refractivity contribution in [1.29, 1.82) is 5.26 Å². The van der Waals surface area contributed by atoms with Crippen LogP contribution in [-0.4, -0.2) is 18.0 Å². The Morgan fingerprint density at radius 3 is 2.62 bits per heavy atom. The van der Waals surface area contributed by atoms with Gasteiger partial charge in [0.25, 0.3) is 5.91 Å². The molecule has 5 nitrogen and oxygen atoms in total. The van der Waals surface area contributed by atoms with E-state index in [9.17, 15) is 23.2 Å². The molecule has 0 fully saturated rings. The van der Waals surface area contributed by atoms with Gasteiger partial charge in [-0.2, -0.15) is 18.4 Å². The summed E-state index contributed by atoms with van der Waals surface area (Å²) in [6.45, 7) is 0. The van der Waals surface area contributed by atoms with E-state index in [1.54, 1.807) is 24.3 Å². The van der Waals surface area contributed by atoms with E-state index >= 15 is 0 Å². The van der Waals surface area contributed by atoms with Crippen molar-refractivity contribution in [3.05, 3.63) is 80.8 Å². The maximum atomic E-state index is 13.0. The van der Waals surface area contributed by atoms with Gasteiger partial charge in [0.1, 0.15) is 17.4 Å². The molecule has 2 aromatic carbocycles. The molecule has 1 heterocycles. The zero-order valence-electron chi connectivity index (χ0n) is 16.5. The van der Waals surface area contributed by atoms with Gasteiger partial charge in [-0.25, -0.2) is 4.98 Å². The number of nitriles is 1. The molecular formula is C22H15ClF3N3O2S. The van der Waals surface area contributed by atoms with E-state index in [0.29, 0.717) is 21.8 Å². The van der Waals surface area contributed by atoms with Crippen LogP contribution in [0.3, 0.4) is 0 Å². The second kappa shape index (κ2) is 9.85. The lowest BCUT2D eigenvalue weighted by molar-refractivity contribution is -0.137. The summed E-state index contributed by atoms with van der Waals surface area (Å²) in [7, 11) is 1.53. The van der Waals surface area contributed by atoms with Gasteiger partial charge in [-0.15, -0.1) is 11.3 Å². The first-order valence-corrected chi connectivity index (χ1v) is 10.3. The summed E-state index contributed by atoms with van der Waals surface area (Å²) in [5, 5.41) is 12.3. The fourth-order valence-corrected chi connectivity index (χ4v) is 3.72. The van der Waals surface area contributed by atoms with Crippen LogP contribution in [0.4, 0.5) is 18.3 Å². The van der Waals surface area contributed by atoms with E-state index in [-0.39, 0.29) is 22.1 Å². The highest BCUT2D eigenvalue weighted by molar-refractivity contribution is 7.15. The van der Waals surface area contributed by atoms with Gasteiger partial charge in [0, 0.05) is 22.5 Å². The monoisotopic (exact) mass is 477 g/mol. The number of anilines is 1. The number of nitrogens with zero attached hydrogens (tertiary/aromatic N) is 2. The molecule has 0 aliphatic rings. The number of carbonyl (C=O) groups is 1. The van der Waals surface area contributed by atoms with Crippen LogP contribution >= 0.6 is 22.9 Å². The lowest BCUT2D eigenvalue weighted by atomic mass is 10.1. The molecule has 0 saturated heterocycles. The zero-order valence-corrected chi connectivity index (χ0v) is 18.1. The number of rotatable bonds is 6. The number of alkyl halides is 3. The average Bonchev–Trinajstić information content (AvgIpc) is 3.19. The van der Waals surface area contributed by atoms with E-state index in [1.165, 1.54) is 25.4 Å². The minimum absolute atomic E-state index is 0.114. The topological polar surface area (TPSA) is 75.0 Å². The van der Waals surface area contributed by atoms with Gasteiger partial charge in [0.05, 0.1) is 12.7 Å². The van der Waals surface area contributed by atoms with E-state index in [4.69, 9.17) is 16.3 Å². The molecule has 164 valence electrons. The van der Waals surface area contributed by atoms with Crippen molar-refractivity contribution in [2.45, 2.75) is 12.6 Å². The van der Waals surface area contributed by atoms with Crippen LogP contribution in [0.2, 0.25) is 5.02 Å². The largest absolute Gasteiger partial charge is 0.497 e.